The summed E-state index contributed by atoms with van der Waals surface area (Å²) in [5, 5.41) is 28.9. The van der Waals surface area contributed by atoms with Crippen LogP contribution in [-0.4, -0.2) is 52.6 Å². The van der Waals surface area contributed by atoms with Crippen LogP contribution in [0.3, 0.4) is 0 Å². The van der Waals surface area contributed by atoms with Gasteiger partial charge in [0.05, 0.1) is 19.3 Å². The van der Waals surface area contributed by atoms with Crippen LogP contribution in [0.15, 0.2) is 48.6 Å². The van der Waals surface area contributed by atoms with Gasteiger partial charge in [-0.25, -0.2) is 0 Å². The molecule has 2 aliphatic rings. The average molecular weight is 707 g/mol. The maximum absolute atomic E-state index is 10.1. The van der Waals surface area contributed by atoms with E-state index in [1.54, 1.807) is 0 Å². The minimum absolute atomic E-state index is 0. The Balaban J connectivity index is -0.000000226. The van der Waals surface area contributed by atoms with E-state index in [1.807, 2.05) is 0 Å². The number of Topliss-reactive ketones (excluding diaryl/α,β-unsaturated/α-hetero) is 6. The summed E-state index contributed by atoms with van der Waals surface area (Å²) in [7, 11) is 0. The van der Waals surface area contributed by atoms with E-state index >= 15 is 0 Å². The molecule has 44 heavy (non-hydrogen) atoms. The largest absolute Gasteiger partial charge is 3.00 e. The van der Waals surface area contributed by atoms with Crippen LogP contribution in [0.4, 0.5) is 0 Å². The number of allylic oxidation sites excluding steroid dienone is 8. The Morgan fingerprint density at radius 3 is 0.591 bits per heavy atom. The number of ketones is 6. The van der Waals surface area contributed by atoms with Crippen molar-refractivity contribution < 1.29 is 77.9 Å². The summed E-state index contributed by atoms with van der Waals surface area (Å²) >= 11 is 0. The zero-order chi connectivity index (χ0) is 33.6. The van der Waals surface area contributed by atoms with Crippen molar-refractivity contribution in [3.63, 3.8) is 0 Å². The van der Waals surface area contributed by atoms with Gasteiger partial charge in [-0.05, 0) is 72.1 Å². The van der Waals surface area contributed by atoms with Crippen LogP contribution in [0.25, 0.3) is 0 Å². The van der Waals surface area contributed by atoms with Crippen LogP contribution in [0.2, 0.25) is 0 Å². The van der Waals surface area contributed by atoms with Gasteiger partial charge in [-0.1, -0.05) is 48.6 Å². The van der Waals surface area contributed by atoms with Gasteiger partial charge >= 0.3 is 19.5 Å². The van der Waals surface area contributed by atoms with Gasteiger partial charge in [0.25, 0.3) is 0 Å². The fraction of sp³-hybridized carbons (Fsp3) is 0.452. The SMILES string of the molecule is C1=C\CC/C=C\CC/1.C1=C\CC/C=C\CC/1.CC(=O)CC(=O)C(=O)[O-].CC(=O)CC(=O)C(=O)[O-].CC(=O)CC(=O)C(=O)[O-].[Rh+3]. The van der Waals surface area contributed by atoms with Crippen molar-refractivity contribution in [2.24, 2.45) is 0 Å². The fourth-order valence-corrected chi connectivity index (χ4v) is 2.61. The predicted octanol–water partition coefficient (Wildman–Crippen LogP) is 0.197. The number of carbonyl (C=O) groups excluding carboxylic acids is 9. The van der Waals surface area contributed by atoms with Crippen LogP contribution >= 0.6 is 0 Å². The molecule has 2 rings (SSSR count). The molecule has 244 valence electrons. The van der Waals surface area contributed by atoms with Gasteiger partial charge in [-0.15, -0.1) is 0 Å². The fourth-order valence-electron chi connectivity index (χ4n) is 2.61. The Labute approximate surface area is 270 Å². The Morgan fingerprint density at radius 2 is 0.523 bits per heavy atom. The number of carboxylic acids is 3. The van der Waals surface area contributed by atoms with Crippen molar-refractivity contribution in [2.45, 2.75) is 91.4 Å². The first-order valence-electron chi connectivity index (χ1n) is 13.4. The number of hydrogen-bond donors (Lipinski definition) is 0. The summed E-state index contributed by atoms with van der Waals surface area (Å²) in [6.07, 6.45) is 26.3. The zero-order valence-corrected chi connectivity index (χ0v) is 26.8. The summed E-state index contributed by atoms with van der Waals surface area (Å²) in [5.74, 6) is -10.3. The smallest absolute Gasteiger partial charge is 0.542 e. The third-order valence-corrected chi connectivity index (χ3v) is 4.58. The Hall–Kier alpha value is -3.99. The van der Waals surface area contributed by atoms with Crippen LogP contribution < -0.4 is 15.3 Å². The first-order valence-corrected chi connectivity index (χ1v) is 13.4. The van der Waals surface area contributed by atoms with E-state index in [1.165, 1.54) is 51.4 Å². The first-order chi connectivity index (χ1) is 20.1. The van der Waals surface area contributed by atoms with Crippen molar-refractivity contribution in [3.05, 3.63) is 48.6 Å². The number of carbonyl (C=O) groups is 9. The molecule has 0 aromatic carbocycles. The van der Waals surface area contributed by atoms with Crippen molar-refractivity contribution in [2.75, 3.05) is 0 Å². The van der Waals surface area contributed by atoms with Crippen LogP contribution in [0.1, 0.15) is 91.4 Å². The molecule has 0 N–H and O–H groups in total. The summed E-state index contributed by atoms with van der Waals surface area (Å²) in [5.41, 5.74) is 0. The molecule has 0 fully saturated rings. The molecule has 0 unspecified atom stereocenters. The quantitative estimate of drug-likeness (QED) is 0.136. The van der Waals surface area contributed by atoms with E-state index in [-0.39, 0.29) is 19.5 Å². The van der Waals surface area contributed by atoms with Crippen molar-refractivity contribution in [1.82, 2.24) is 0 Å². The third kappa shape index (κ3) is 40.2. The van der Waals surface area contributed by atoms with E-state index in [0.29, 0.717) is 0 Å². The van der Waals surface area contributed by atoms with E-state index in [0.717, 1.165) is 20.8 Å². The third-order valence-electron chi connectivity index (χ3n) is 4.58. The Bertz CT molecular complexity index is 911. The van der Waals surface area contributed by atoms with E-state index in [4.69, 9.17) is 0 Å². The number of hydrogen-bond acceptors (Lipinski definition) is 12. The minimum atomic E-state index is -1.80. The molecule has 0 aliphatic heterocycles. The topological polar surface area (TPSA) is 223 Å². The second-order valence-electron chi connectivity index (χ2n) is 8.96. The standard InChI is InChI=1S/2C8H12.3C5H6O4.Rh/c2*1-2-4-6-8-7-5-3-1;3*1-3(6)2-4(7)5(8)9;/h2*1-2,7-8H,3-6H2;3*2H2,1H3,(H,8,9);/q;;;;;+3/p-3/b2*2-1-,8-7-;;;;. The molecular formula is C31H39O12Rh. The summed E-state index contributed by atoms with van der Waals surface area (Å²) in [6, 6.07) is 0. The second kappa shape index (κ2) is 31.9. The Kier molecular flexibility index (Phi) is 34.1. The second-order valence-corrected chi connectivity index (χ2v) is 8.96. The van der Waals surface area contributed by atoms with Crippen molar-refractivity contribution in [1.29, 1.82) is 0 Å². The average Bonchev–Trinajstić information content (AvgIpc) is 2.83. The normalized spacial score (nSPS) is 15.4. The monoisotopic (exact) mass is 706 g/mol. The molecule has 0 aromatic rings. The molecule has 0 radical (unpaired) electrons. The molecule has 12 nitrogen and oxygen atoms in total. The van der Waals surface area contributed by atoms with E-state index in [9.17, 15) is 58.5 Å². The maximum atomic E-state index is 10.1. The van der Waals surface area contributed by atoms with Crippen molar-refractivity contribution in [3.8, 4) is 0 Å². The predicted molar refractivity (Wildman–Crippen MR) is 149 cm³/mol. The summed E-state index contributed by atoms with van der Waals surface area (Å²) in [6.45, 7) is 3.42. The molecule has 0 bridgehead atoms. The van der Waals surface area contributed by atoms with Crippen LogP contribution in [-0.2, 0) is 62.6 Å². The molecule has 0 heterocycles. The Morgan fingerprint density at radius 1 is 0.386 bits per heavy atom. The first kappa shape index (κ1) is 47.0. The van der Waals surface area contributed by atoms with Crippen molar-refractivity contribution >= 4 is 52.6 Å². The van der Waals surface area contributed by atoms with Gasteiger partial charge in [0.15, 0.2) is 17.3 Å². The zero-order valence-electron chi connectivity index (χ0n) is 25.1. The van der Waals surface area contributed by atoms with Gasteiger partial charge in [-0.2, -0.15) is 0 Å². The molecule has 0 saturated carbocycles. The summed E-state index contributed by atoms with van der Waals surface area (Å²) in [4.78, 5) is 89.2. The molecule has 0 atom stereocenters. The van der Waals surface area contributed by atoms with Gasteiger partial charge in [-0.3, -0.25) is 28.8 Å². The number of carboxylic acid groups (broad SMARTS) is 3. The number of aliphatic carboxylic acids is 3. The van der Waals surface area contributed by atoms with Gasteiger partial charge in [0, 0.05) is 0 Å². The molecule has 0 saturated heterocycles. The molecule has 13 heteroatoms. The molecule has 0 amide bonds. The minimum Gasteiger partial charge on any atom is -0.542 e. The van der Waals surface area contributed by atoms with Gasteiger partial charge in [0.1, 0.15) is 35.3 Å². The van der Waals surface area contributed by atoms with Crippen LogP contribution in [0.5, 0.6) is 0 Å². The molecule has 0 aromatic heterocycles. The van der Waals surface area contributed by atoms with Crippen LogP contribution in [0, 0.1) is 0 Å². The molecule has 2 aliphatic carbocycles. The van der Waals surface area contributed by atoms with Gasteiger partial charge < -0.3 is 29.7 Å². The molecular weight excluding hydrogens is 667 g/mol. The van der Waals surface area contributed by atoms with E-state index < -0.39 is 71.9 Å². The van der Waals surface area contributed by atoms with Gasteiger partial charge in [0.2, 0.25) is 0 Å². The molecule has 0 spiro atoms. The summed E-state index contributed by atoms with van der Waals surface area (Å²) < 4.78 is 0. The number of rotatable bonds is 9. The maximum Gasteiger partial charge on any atom is 3.00 e. The van der Waals surface area contributed by atoms with E-state index in [2.05, 4.69) is 48.6 Å².